The predicted octanol–water partition coefficient (Wildman–Crippen LogP) is 4.19. The van der Waals surface area contributed by atoms with Gasteiger partial charge in [-0.1, -0.05) is 32.9 Å². The molecule has 1 atom stereocenters. The lowest BCUT2D eigenvalue weighted by Gasteiger charge is -2.35. The van der Waals surface area contributed by atoms with Gasteiger partial charge in [-0.3, -0.25) is 0 Å². The van der Waals surface area contributed by atoms with Gasteiger partial charge >= 0.3 is 0 Å². The van der Waals surface area contributed by atoms with E-state index in [1.165, 1.54) is 29.2 Å². The molecule has 2 rings (SSSR count). The molecule has 1 aromatic rings. The Morgan fingerprint density at radius 1 is 1.29 bits per heavy atom. The van der Waals surface area contributed by atoms with Crippen molar-refractivity contribution in [1.29, 1.82) is 0 Å². The van der Waals surface area contributed by atoms with Gasteiger partial charge in [0, 0.05) is 17.5 Å². The van der Waals surface area contributed by atoms with Crippen LogP contribution in [0.25, 0.3) is 0 Å². The van der Waals surface area contributed by atoms with Crippen molar-refractivity contribution in [3.05, 3.63) is 29.8 Å². The second-order valence-electron chi connectivity index (χ2n) is 5.78. The molecule has 1 unspecified atom stereocenters. The summed E-state index contributed by atoms with van der Waals surface area (Å²) in [6.45, 7) is 6.94. The Morgan fingerprint density at radius 3 is 2.59 bits per heavy atom. The van der Waals surface area contributed by atoms with Crippen LogP contribution in [0.4, 0.5) is 5.69 Å². The molecular formula is C15H23NS. The van der Waals surface area contributed by atoms with E-state index in [4.69, 9.17) is 0 Å². The fraction of sp³-hybridized carbons (Fsp3) is 0.600. The van der Waals surface area contributed by atoms with Crippen LogP contribution in [0.1, 0.15) is 32.8 Å². The fourth-order valence-electron chi connectivity index (χ4n) is 2.43. The summed E-state index contributed by atoms with van der Waals surface area (Å²) in [4.78, 5) is 0. The number of thioether (sulfide) groups is 1. The van der Waals surface area contributed by atoms with Crippen LogP contribution in [0.3, 0.4) is 0 Å². The van der Waals surface area contributed by atoms with Gasteiger partial charge < -0.3 is 5.32 Å². The van der Waals surface area contributed by atoms with E-state index in [0.29, 0.717) is 11.5 Å². The van der Waals surface area contributed by atoms with Crippen LogP contribution >= 0.6 is 11.8 Å². The third kappa shape index (κ3) is 3.67. The highest BCUT2D eigenvalue weighted by molar-refractivity contribution is 7.99. The Morgan fingerprint density at radius 2 is 2.00 bits per heavy atom. The molecule has 1 fully saturated rings. The van der Waals surface area contributed by atoms with E-state index in [2.05, 4.69) is 62.1 Å². The monoisotopic (exact) mass is 249 g/mol. The number of hydrogen-bond acceptors (Lipinski definition) is 2. The highest BCUT2D eigenvalue weighted by atomic mass is 32.2. The zero-order valence-corrected chi connectivity index (χ0v) is 11.9. The number of hydrogen-bond donors (Lipinski definition) is 1. The Kier molecular flexibility index (Phi) is 4.03. The van der Waals surface area contributed by atoms with Gasteiger partial charge in [-0.05, 0) is 41.7 Å². The third-order valence-electron chi connectivity index (χ3n) is 3.34. The number of rotatable bonds is 3. The highest BCUT2D eigenvalue weighted by Crippen LogP contribution is 2.34. The molecule has 0 bridgehead atoms. The first-order valence-corrected chi connectivity index (χ1v) is 7.68. The van der Waals surface area contributed by atoms with Gasteiger partial charge in [0.25, 0.3) is 0 Å². The lowest BCUT2D eigenvalue weighted by Crippen LogP contribution is -2.35. The van der Waals surface area contributed by atoms with E-state index in [1.807, 2.05) is 0 Å². The van der Waals surface area contributed by atoms with Crippen molar-refractivity contribution in [3.8, 4) is 0 Å². The average Bonchev–Trinajstić information content (AvgIpc) is 2.29. The van der Waals surface area contributed by atoms with E-state index in [-0.39, 0.29) is 0 Å². The Bertz CT molecular complexity index is 356. The topological polar surface area (TPSA) is 12.0 Å². The standard InChI is InChI=1S/C15H23NS/c1-4-12-5-7-13(8-6-12)16-14-9-15(2,3)11-17-10-14/h5-8,14,16H,4,9-11H2,1-3H3. The van der Waals surface area contributed by atoms with E-state index in [1.54, 1.807) is 0 Å². The molecule has 1 aromatic carbocycles. The molecule has 0 radical (unpaired) electrons. The zero-order chi connectivity index (χ0) is 12.3. The van der Waals surface area contributed by atoms with Crippen LogP contribution in [0.5, 0.6) is 0 Å². The first-order chi connectivity index (χ1) is 8.09. The molecule has 0 amide bonds. The molecule has 17 heavy (non-hydrogen) atoms. The summed E-state index contributed by atoms with van der Waals surface area (Å²) >= 11 is 2.07. The van der Waals surface area contributed by atoms with Gasteiger partial charge in [0.1, 0.15) is 0 Å². The average molecular weight is 249 g/mol. The maximum atomic E-state index is 3.67. The molecule has 1 nitrogen and oxygen atoms in total. The van der Waals surface area contributed by atoms with Gasteiger partial charge in [0.15, 0.2) is 0 Å². The van der Waals surface area contributed by atoms with Crippen molar-refractivity contribution in [2.24, 2.45) is 5.41 Å². The first kappa shape index (κ1) is 12.8. The molecule has 1 aliphatic heterocycles. The second kappa shape index (κ2) is 5.34. The summed E-state index contributed by atoms with van der Waals surface area (Å²) < 4.78 is 0. The molecule has 0 aliphatic carbocycles. The molecule has 0 saturated carbocycles. The molecule has 1 N–H and O–H groups in total. The van der Waals surface area contributed by atoms with Gasteiger partial charge in [-0.25, -0.2) is 0 Å². The maximum absolute atomic E-state index is 3.67. The van der Waals surface area contributed by atoms with Crippen LogP contribution in [-0.2, 0) is 6.42 Å². The first-order valence-electron chi connectivity index (χ1n) is 6.52. The zero-order valence-electron chi connectivity index (χ0n) is 11.1. The molecule has 2 heteroatoms. The van der Waals surface area contributed by atoms with Crippen molar-refractivity contribution in [1.82, 2.24) is 0 Å². The molecule has 1 heterocycles. The minimum atomic E-state index is 0.476. The molecule has 1 saturated heterocycles. The number of anilines is 1. The largest absolute Gasteiger partial charge is 0.381 e. The van der Waals surface area contributed by atoms with E-state index < -0.39 is 0 Å². The molecular weight excluding hydrogens is 226 g/mol. The van der Waals surface area contributed by atoms with Gasteiger partial charge in [-0.15, -0.1) is 0 Å². The van der Waals surface area contributed by atoms with Gasteiger partial charge in [-0.2, -0.15) is 11.8 Å². The molecule has 0 aromatic heterocycles. The normalized spacial score (nSPS) is 23.4. The van der Waals surface area contributed by atoms with Crippen molar-refractivity contribution in [2.75, 3.05) is 16.8 Å². The maximum Gasteiger partial charge on any atom is 0.0357 e. The summed E-state index contributed by atoms with van der Waals surface area (Å²) in [5, 5.41) is 3.67. The second-order valence-corrected chi connectivity index (χ2v) is 6.81. The van der Waals surface area contributed by atoms with E-state index in [0.717, 1.165) is 6.42 Å². The lowest BCUT2D eigenvalue weighted by molar-refractivity contribution is 0.358. The minimum absolute atomic E-state index is 0.476. The van der Waals surface area contributed by atoms with E-state index >= 15 is 0 Å². The van der Waals surface area contributed by atoms with Crippen LogP contribution in [0.15, 0.2) is 24.3 Å². The van der Waals surface area contributed by atoms with Crippen LogP contribution in [0, 0.1) is 5.41 Å². The fourth-order valence-corrected chi connectivity index (χ4v) is 3.70. The Labute approximate surface area is 109 Å². The third-order valence-corrected chi connectivity index (χ3v) is 4.97. The van der Waals surface area contributed by atoms with Crippen molar-refractivity contribution >= 4 is 17.4 Å². The van der Waals surface area contributed by atoms with Crippen LogP contribution in [-0.4, -0.2) is 17.5 Å². The Hall–Kier alpha value is -0.630. The van der Waals surface area contributed by atoms with Gasteiger partial charge in [0.05, 0.1) is 0 Å². The number of aryl methyl sites for hydroxylation is 1. The number of nitrogens with one attached hydrogen (secondary N) is 1. The van der Waals surface area contributed by atoms with Crippen molar-refractivity contribution in [3.63, 3.8) is 0 Å². The van der Waals surface area contributed by atoms with Gasteiger partial charge in [0.2, 0.25) is 0 Å². The molecule has 1 aliphatic rings. The minimum Gasteiger partial charge on any atom is -0.381 e. The van der Waals surface area contributed by atoms with Crippen LogP contribution < -0.4 is 5.32 Å². The summed E-state index contributed by atoms with van der Waals surface area (Å²) in [7, 11) is 0. The van der Waals surface area contributed by atoms with Crippen molar-refractivity contribution in [2.45, 2.75) is 39.7 Å². The summed E-state index contributed by atoms with van der Waals surface area (Å²) in [5.74, 6) is 2.53. The highest BCUT2D eigenvalue weighted by Gasteiger charge is 2.28. The molecule has 0 spiro atoms. The molecule has 94 valence electrons. The lowest BCUT2D eigenvalue weighted by atomic mass is 9.88. The SMILES string of the molecule is CCc1ccc(NC2CSCC(C)(C)C2)cc1. The smallest absolute Gasteiger partial charge is 0.0357 e. The summed E-state index contributed by atoms with van der Waals surface area (Å²) in [6.07, 6.45) is 2.39. The number of benzene rings is 1. The summed E-state index contributed by atoms with van der Waals surface area (Å²) in [6, 6.07) is 9.50. The quantitative estimate of drug-likeness (QED) is 0.862. The predicted molar refractivity (Wildman–Crippen MR) is 79.0 cm³/mol. The van der Waals surface area contributed by atoms with Crippen LogP contribution in [0.2, 0.25) is 0 Å². The van der Waals surface area contributed by atoms with E-state index in [9.17, 15) is 0 Å². The Balaban J connectivity index is 1.95. The van der Waals surface area contributed by atoms with Crippen molar-refractivity contribution < 1.29 is 0 Å². The summed E-state index contributed by atoms with van der Waals surface area (Å²) in [5.41, 5.74) is 3.16.